The number of rotatable bonds is 1. The largest absolute Gasteiger partial charge is 0.478 e. The molecular weight excluding hydrogens is 244 g/mol. The summed E-state index contributed by atoms with van der Waals surface area (Å²) in [6.07, 6.45) is 10.4. The molecule has 112 valence electrons. The number of aliphatic carboxylic acids is 1. The van der Waals surface area contributed by atoms with E-state index >= 15 is 0 Å². The number of fused-ring (bicyclic) bond motifs is 5. The van der Waals surface area contributed by atoms with Gasteiger partial charge in [0.15, 0.2) is 0 Å². The van der Waals surface area contributed by atoms with Crippen molar-refractivity contribution in [2.45, 2.75) is 38.5 Å². The lowest BCUT2D eigenvalue weighted by Gasteiger charge is -2.23. The van der Waals surface area contributed by atoms with E-state index in [0.717, 1.165) is 20.3 Å². The molecule has 4 unspecified atom stereocenters. The smallest absolute Gasteiger partial charge is 0.327 e. The van der Waals surface area contributed by atoms with E-state index in [9.17, 15) is 4.79 Å². The van der Waals surface area contributed by atoms with Crippen LogP contribution in [0.1, 0.15) is 38.5 Å². The van der Waals surface area contributed by atoms with E-state index in [0.29, 0.717) is 0 Å². The van der Waals surface area contributed by atoms with E-state index in [2.05, 4.69) is 6.58 Å². The molecule has 0 aromatic heterocycles. The van der Waals surface area contributed by atoms with Crippen molar-refractivity contribution >= 4 is 5.97 Å². The molecule has 3 fully saturated rings. The van der Waals surface area contributed by atoms with Crippen molar-refractivity contribution in [1.82, 2.24) is 0 Å². The van der Waals surface area contributed by atoms with Crippen molar-refractivity contribution in [3.05, 3.63) is 12.7 Å². The van der Waals surface area contributed by atoms with Gasteiger partial charge in [0.05, 0.1) is 0 Å². The van der Waals surface area contributed by atoms with Gasteiger partial charge in [-0.2, -0.15) is 0 Å². The number of hydrogen-bond acceptors (Lipinski definition) is 3. The summed E-state index contributed by atoms with van der Waals surface area (Å²) in [6, 6.07) is 0. The van der Waals surface area contributed by atoms with Crippen LogP contribution in [0.5, 0.6) is 0 Å². The molecule has 0 radical (unpaired) electrons. The van der Waals surface area contributed by atoms with Crippen LogP contribution in [0.25, 0.3) is 0 Å². The molecule has 3 N–H and O–H groups in total. The first-order valence-corrected chi connectivity index (χ1v) is 6.97. The third-order valence-corrected chi connectivity index (χ3v) is 4.52. The maximum Gasteiger partial charge on any atom is 0.327 e. The predicted octanol–water partition coefficient (Wildman–Crippen LogP) is 2.31. The molecule has 2 bridgehead atoms. The molecule has 4 heteroatoms. The fourth-order valence-electron chi connectivity index (χ4n) is 4.02. The van der Waals surface area contributed by atoms with E-state index in [1.54, 1.807) is 38.5 Å². The van der Waals surface area contributed by atoms with Crippen LogP contribution in [0, 0.1) is 23.7 Å². The highest BCUT2D eigenvalue weighted by Crippen LogP contribution is 2.58. The summed E-state index contributed by atoms with van der Waals surface area (Å²) in [6.45, 7) is 2.96. The van der Waals surface area contributed by atoms with Crippen LogP contribution < -0.4 is 0 Å². The molecule has 0 aromatic carbocycles. The van der Waals surface area contributed by atoms with Crippen LogP contribution >= 0.6 is 0 Å². The molecule has 0 heterocycles. The Hall–Kier alpha value is -0.870. The second kappa shape index (κ2) is 9.98. The van der Waals surface area contributed by atoms with E-state index in [-0.39, 0.29) is 0 Å². The van der Waals surface area contributed by atoms with Gasteiger partial charge in [-0.05, 0) is 55.8 Å². The molecule has 0 aliphatic heterocycles. The molecule has 4 nitrogen and oxygen atoms in total. The Kier molecular flexibility index (Phi) is 9.53. The lowest BCUT2D eigenvalue weighted by Crippen LogP contribution is -2.15. The Morgan fingerprint density at radius 3 is 1.68 bits per heavy atom. The lowest BCUT2D eigenvalue weighted by molar-refractivity contribution is -0.131. The van der Waals surface area contributed by atoms with Crippen LogP contribution in [0.3, 0.4) is 0 Å². The second-order valence-electron chi connectivity index (χ2n) is 5.13. The van der Waals surface area contributed by atoms with Gasteiger partial charge in [-0.1, -0.05) is 13.0 Å². The second-order valence-corrected chi connectivity index (χ2v) is 5.13. The molecule has 3 aliphatic rings. The Morgan fingerprint density at radius 2 is 1.37 bits per heavy atom. The SMILES string of the molecule is C1CC2C3CCC(C3)C2C1.C=CC(=O)O.CO.CO. The number of carboxylic acid groups (broad SMARTS) is 1. The molecule has 4 atom stereocenters. The van der Waals surface area contributed by atoms with Gasteiger partial charge >= 0.3 is 5.97 Å². The molecule has 3 aliphatic carbocycles. The van der Waals surface area contributed by atoms with Crippen molar-refractivity contribution in [1.29, 1.82) is 0 Å². The van der Waals surface area contributed by atoms with Crippen LogP contribution in [0.2, 0.25) is 0 Å². The van der Waals surface area contributed by atoms with Gasteiger partial charge < -0.3 is 15.3 Å². The number of carbonyl (C=O) groups is 1. The van der Waals surface area contributed by atoms with Crippen LogP contribution in [0.15, 0.2) is 12.7 Å². The highest BCUT2D eigenvalue weighted by atomic mass is 16.4. The fourth-order valence-corrected chi connectivity index (χ4v) is 4.02. The van der Waals surface area contributed by atoms with Crippen molar-refractivity contribution < 1.29 is 20.1 Å². The Balaban J connectivity index is 0.000000313. The average molecular weight is 272 g/mol. The predicted molar refractivity (Wildman–Crippen MR) is 75.8 cm³/mol. The van der Waals surface area contributed by atoms with Gasteiger partial charge in [0, 0.05) is 20.3 Å². The number of hydrogen-bond donors (Lipinski definition) is 3. The lowest BCUT2D eigenvalue weighted by atomic mass is 9.82. The average Bonchev–Trinajstić information content (AvgIpc) is 3.17. The molecular formula is C15H28O4. The Morgan fingerprint density at radius 1 is 1.00 bits per heavy atom. The number of carboxylic acids is 1. The van der Waals surface area contributed by atoms with Crippen molar-refractivity contribution in [2.24, 2.45) is 23.7 Å². The third kappa shape index (κ3) is 4.96. The normalized spacial score (nSPS) is 32.6. The standard InChI is InChI=1S/C10H16.C3H4O2.2CH4O/c1-2-9-7-4-5-8(6-7)10(9)3-1;1-2-3(4)5;2*1-2/h7-10H,1-6H2;2H,1H2,(H,4,5);2*2H,1H3. The van der Waals surface area contributed by atoms with Crippen molar-refractivity contribution in [3.63, 3.8) is 0 Å². The van der Waals surface area contributed by atoms with Gasteiger partial charge in [-0.3, -0.25) is 0 Å². The molecule has 0 saturated heterocycles. The van der Waals surface area contributed by atoms with Gasteiger partial charge in [0.2, 0.25) is 0 Å². The minimum atomic E-state index is -0.981. The first-order chi connectivity index (χ1) is 9.22. The highest BCUT2D eigenvalue weighted by Gasteiger charge is 2.48. The fraction of sp³-hybridized carbons (Fsp3) is 0.800. The van der Waals surface area contributed by atoms with E-state index < -0.39 is 5.97 Å². The maximum absolute atomic E-state index is 9.25. The molecule has 3 saturated carbocycles. The zero-order valence-electron chi connectivity index (χ0n) is 12.1. The summed E-state index contributed by atoms with van der Waals surface area (Å²) in [4.78, 5) is 9.25. The van der Waals surface area contributed by atoms with Gasteiger partial charge in [0.1, 0.15) is 0 Å². The zero-order chi connectivity index (χ0) is 14.8. The summed E-state index contributed by atoms with van der Waals surface area (Å²) in [5.74, 6) is 3.82. The highest BCUT2D eigenvalue weighted by molar-refractivity contribution is 5.78. The summed E-state index contributed by atoms with van der Waals surface area (Å²) in [7, 11) is 2.00. The monoisotopic (exact) mass is 272 g/mol. The first kappa shape index (κ1) is 18.1. The number of aliphatic hydroxyl groups excluding tert-OH is 2. The molecule has 0 aromatic rings. The number of aliphatic hydroxyl groups is 2. The van der Waals surface area contributed by atoms with Crippen molar-refractivity contribution in [2.75, 3.05) is 14.2 Å². The molecule has 0 spiro atoms. The minimum absolute atomic E-state index is 0.833. The quantitative estimate of drug-likeness (QED) is 0.640. The van der Waals surface area contributed by atoms with Gasteiger partial charge in [-0.15, -0.1) is 0 Å². The van der Waals surface area contributed by atoms with Gasteiger partial charge in [0.25, 0.3) is 0 Å². The molecule has 3 rings (SSSR count). The van der Waals surface area contributed by atoms with Gasteiger partial charge in [-0.25, -0.2) is 4.79 Å². The summed E-state index contributed by atoms with van der Waals surface area (Å²) in [5.41, 5.74) is 0. The summed E-state index contributed by atoms with van der Waals surface area (Å²) in [5, 5.41) is 21.6. The zero-order valence-corrected chi connectivity index (χ0v) is 12.1. The van der Waals surface area contributed by atoms with E-state index in [4.69, 9.17) is 15.3 Å². The molecule has 19 heavy (non-hydrogen) atoms. The van der Waals surface area contributed by atoms with Crippen LogP contribution in [-0.2, 0) is 4.79 Å². The molecule has 0 amide bonds. The first-order valence-electron chi connectivity index (χ1n) is 6.97. The van der Waals surface area contributed by atoms with Crippen molar-refractivity contribution in [3.8, 4) is 0 Å². The van der Waals surface area contributed by atoms with Crippen LogP contribution in [-0.4, -0.2) is 35.5 Å². The maximum atomic E-state index is 9.25. The third-order valence-electron chi connectivity index (χ3n) is 4.52. The minimum Gasteiger partial charge on any atom is -0.478 e. The van der Waals surface area contributed by atoms with E-state index in [1.807, 2.05) is 0 Å². The van der Waals surface area contributed by atoms with E-state index in [1.165, 1.54) is 23.7 Å². The Labute approximate surface area is 116 Å². The summed E-state index contributed by atoms with van der Waals surface area (Å²) < 4.78 is 0. The van der Waals surface area contributed by atoms with Crippen LogP contribution in [0.4, 0.5) is 0 Å². The topological polar surface area (TPSA) is 77.8 Å². The Bertz CT molecular complexity index is 249. The summed E-state index contributed by atoms with van der Waals surface area (Å²) >= 11 is 0.